The zero-order valence-electron chi connectivity index (χ0n) is 10.2. The van der Waals surface area contributed by atoms with Gasteiger partial charge in [0.2, 0.25) is 0 Å². The highest BCUT2D eigenvalue weighted by Gasteiger charge is 2.11. The molecule has 0 rings (SSSR count). The van der Waals surface area contributed by atoms with Crippen LogP contribution in [0.3, 0.4) is 0 Å². The second-order valence-electron chi connectivity index (χ2n) is 4.08. The van der Waals surface area contributed by atoms with Crippen molar-refractivity contribution in [3.63, 3.8) is 0 Å². The highest BCUT2D eigenvalue weighted by Crippen LogP contribution is 2.09. The van der Waals surface area contributed by atoms with E-state index in [4.69, 9.17) is 5.11 Å². The molecule has 94 valence electrons. The van der Waals surface area contributed by atoms with Crippen molar-refractivity contribution < 1.29 is 14.7 Å². The van der Waals surface area contributed by atoms with Crippen molar-refractivity contribution in [2.24, 2.45) is 5.92 Å². The van der Waals surface area contributed by atoms with Crippen molar-refractivity contribution in [2.75, 3.05) is 6.54 Å². The zero-order valence-corrected chi connectivity index (χ0v) is 10.2. The van der Waals surface area contributed by atoms with Crippen molar-refractivity contribution in [2.45, 2.75) is 46.1 Å². The van der Waals surface area contributed by atoms with Crippen LogP contribution in [0.15, 0.2) is 0 Å². The van der Waals surface area contributed by atoms with E-state index in [-0.39, 0.29) is 18.0 Å². The number of urea groups is 1. The SMILES string of the molecule is CCNC(=O)NC(C)CCCC(C)C(=O)O. The van der Waals surface area contributed by atoms with Crippen molar-refractivity contribution in [3.8, 4) is 0 Å². The Balaban J connectivity index is 3.61. The Morgan fingerprint density at radius 2 is 1.88 bits per heavy atom. The second kappa shape index (κ2) is 7.96. The van der Waals surface area contributed by atoms with E-state index in [2.05, 4.69) is 10.6 Å². The number of aliphatic carboxylic acids is 1. The van der Waals surface area contributed by atoms with Crippen LogP contribution in [0.1, 0.15) is 40.0 Å². The van der Waals surface area contributed by atoms with Crippen molar-refractivity contribution in [3.05, 3.63) is 0 Å². The molecule has 0 aliphatic carbocycles. The van der Waals surface area contributed by atoms with Crippen LogP contribution < -0.4 is 10.6 Å². The Kier molecular flexibility index (Phi) is 7.33. The lowest BCUT2D eigenvalue weighted by Crippen LogP contribution is -2.40. The molecule has 16 heavy (non-hydrogen) atoms. The van der Waals surface area contributed by atoms with Crippen molar-refractivity contribution >= 4 is 12.0 Å². The molecule has 0 heterocycles. The lowest BCUT2D eigenvalue weighted by atomic mass is 10.0. The summed E-state index contributed by atoms with van der Waals surface area (Å²) in [6.45, 7) is 6.08. The van der Waals surface area contributed by atoms with Crippen molar-refractivity contribution in [1.82, 2.24) is 10.6 Å². The fraction of sp³-hybridized carbons (Fsp3) is 0.818. The third kappa shape index (κ3) is 7.09. The Labute approximate surface area is 96.6 Å². The van der Waals surface area contributed by atoms with Gasteiger partial charge >= 0.3 is 12.0 Å². The van der Waals surface area contributed by atoms with E-state index >= 15 is 0 Å². The zero-order chi connectivity index (χ0) is 12.6. The minimum atomic E-state index is -0.760. The molecular weight excluding hydrogens is 208 g/mol. The maximum atomic E-state index is 11.1. The van der Waals surface area contributed by atoms with Crippen LogP contribution >= 0.6 is 0 Å². The van der Waals surface area contributed by atoms with Crippen LogP contribution in [-0.2, 0) is 4.79 Å². The summed E-state index contributed by atoms with van der Waals surface area (Å²) < 4.78 is 0. The Morgan fingerprint density at radius 3 is 2.38 bits per heavy atom. The quantitative estimate of drug-likeness (QED) is 0.621. The maximum Gasteiger partial charge on any atom is 0.314 e. The van der Waals surface area contributed by atoms with Gasteiger partial charge in [0.15, 0.2) is 0 Å². The topological polar surface area (TPSA) is 78.4 Å². The van der Waals surface area contributed by atoms with Gasteiger partial charge in [-0.2, -0.15) is 0 Å². The number of carbonyl (C=O) groups excluding carboxylic acids is 1. The minimum absolute atomic E-state index is 0.0764. The van der Waals surface area contributed by atoms with E-state index in [0.29, 0.717) is 13.0 Å². The van der Waals surface area contributed by atoms with Gasteiger partial charge in [-0.3, -0.25) is 4.79 Å². The Bertz CT molecular complexity index is 231. The number of carboxylic acid groups (broad SMARTS) is 1. The van der Waals surface area contributed by atoms with Gasteiger partial charge in [0.25, 0.3) is 0 Å². The van der Waals surface area contributed by atoms with Crippen LogP contribution in [0.5, 0.6) is 0 Å². The fourth-order valence-electron chi connectivity index (χ4n) is 1.36. The first kappa shape index (κ1) is 14.7. The first-order chi connectivity index (χ1) is 7.47. The van der Waals surface area contributed by atoms with Crippen LogP contribution in [0, 0.1) is 5.92 Å². The van der Waals surface area contributed by atoms with Gasteiger partial charge in [-0.1, -0.05) is 13.3 Å². The van der Waals surface area contributed by atoms with E-state index in [1.54, 1.807) is 6.92 Å². The average Bonchev–Trinajstić information content (AvgIpc) is 2.17. The van der Waals surface area contributed by atoms with E-state index in [0.717, 1.165) is 12.8 Å². The molecule has 0 aromatic rings. The molecule has 0 saturated heterocycles. The number of hydrogen-bond acceptors (Lipinski definition) is 2. The van der Waals surface area contributed by atoms with Crippen LogP contribution in [0.2, 0.25) is 0 Å². The minimum Gasteiger partial charge on any atom is -0.481 e. The third-order valence-electron chi connectivity index (χ3n) is 2.41. The number of carboxylic acids is 1. The van der Waals surface area contributed by atoms with Crippen LogP contribution in [-0.4, -0.2) is 29.7 Å². The Morgan fingerprint density at radius 1 is 1.25 bits per heavy atom. The summed E-state index contributed by atoms with van der Waals surface area (Å²) in [5.74, 6) is -1.07. The number of nitrogens with one attached hydrogen (secondary N) is 2. The molecule has 0 saturated carbocycles. The maximum absolute atomic E-state index is 11.1. The normalized spacial score (nSPS) is 13.9. The molecule has 0 aromatic carbocycles. The molecule has 2 unspecified atom stereocenters. The molecule has 2 atom stereocenters. The molecule has 0 spiro atoms. The Hall–Kier alpha value is -1.26. The summed E-state index contributed by atoms with van der Waals surface area (Å²) in [5.41, 5.74) is 0. The lowest BCUT2D eigenvalue weighted by molar-refractivity contribution is -0.141. The van der Waals surface area contributed by atoms with Gasteiger partial charge in [-0.05, 0) is 26.7 Å². The van der Waals surface area contributed by atoms with Crippen molar-refractivity contribution in [1.29, 1.82) is 0 Å². The van der Waals surface area contributed by atoms with Crippen LogP contribution in [0.4, 0.5) is 4.79 Å². The van der Waals surface area contributed by atoms with Gasteiger partial charge < -0.3 is 15.7 Å². The summed E-state index contributed by atoms with van der Waals surface area (Å²) >= 11 is 0. The van der Waals surface area contributed by atoms with Gasteiger partial charge in [0.1, 0.15) is 0 Å². The number of amides is 2. The molecule has 0 radical (unpaired) electrons. The first-order valence-corrected chi connectivity index (χ1v) is 5.74. The molecule has 0 aliphatic heterocycles. The fourth-order valence-corrected chi connectivity index (χ4v) is 1.36. The molecule has 0 bridgehead atoms. The first-order valence-electron chi connectivity index (χ1n) is 5.74. The largest absolute Gasteiger partial charge is 0.481 e. The van der Waals surface area contributed by atoms with E-state index in [1.165, 1.54) is 0 Å². The van der Waals surface area contributed by atoms with Gasteiger partial charge in [0.05, 0.1) is 5.92 Å². The summed E-state index contributed by atoms with van der Waals surface area (Å²) in [5, 5.41) is 14.1. The third-order valence-corrected chi connectivity index (χ3v) is 2.41. The summed E-state index contributed by atoms with van der Waals surface area (Å²) in [6.07, 6.45) is 2.26. The molecular formula is C11H22N2O3. The standard InChI is InChI=1S/C11H22N2O3/c1-4-12-11(16)13-9(3)7-5-6-8(2)10(14)15/h8-9H,4-7H2,1-3H3,(H,14,15)(H2,12,13,16). The van der Waals surface area contributed by atoms with Gasteiger partial charge in [-0.15, -0.1) is 0 Å². The average molecular weight is 230 g/mol. The second-order valence-corrected chi connectivity index (χ2v) is 4.08. The predicted octanol–water partition coefficient (Wildman–Crippen LogP) is 1.58. The highest BCUT2D eigenvalue weighted by molar-refractivity contribution is 5.74. The summed E-state index contributed by atoms with van der Waals surface area (Å²) in [4.78, 5) is 21.7. The summed E-state index contributed by atoms with van der Waals surface area (Å²) in [6, 6.07) is -0.0890. The summed E-state index contributed by atoms with van der Waals surface area (Å²) in [7, 11) is 0. The van der Waals surface area contributed by atoms with Crippen LogP contribution in [0.25, 0.3) is 0 Å². The highest BCUT2D eigenvalue weighted by atomic mass is 16.4. The molecule has 3 N–H and O–H groups in total. The lowest BCUT2D eigenvalue weighted by Gasteiger charge is -2.14. The molecule has 0 fully saturated rings. The predicted molar refractivity (Wildman–Crippen MR) is 62.3 cm³/mol. The van der Waals surface area contributed by atoms with E-state index < -0.39 is 5.97 Å². The number of carbonyl (C=O) groups is 2. The monoisotopic (exact) mass is 230 g/mol. The van der Waals surface area contributed by atoms with E-state index in [9.17, 15) is 9.59 Å². The molecule has 5 heteroatoms. The number of rotatable bonds is 7. The molecule has 0 aliphatic rings. The number of hydrogen-bond donors (Lipinski definition) is 3. The van der Waals surface area contributed by atoms with Gasteiger partial charge in [0, 0.05) is 12.6 Å². The smallest absolute Gasteiger partial charge is 0.314 e. The molecule has 5 nitrogen and oxygen atoms in total. The molecule has 0 aromatic heterocycles. The van der Waals surface area contributed by atoms with E-state index in [1.807, 2.05) is 13.8 Å². The molecule has 2 amide bonds. The van der Waals surface area contributed by atoms with Gasteiger partial charge in [-0.25, -0.2) is 4.79 Å².